The van der Waals surface area contributed by atoms with Crippen LogP contribution in [-0.2, 0) is 0 Å². The molecule has 2 heteroatoms. The van der Waals surface area contributed by atoms with Crippen LogP contribution < -0.4 is 0 Å². The molecule has 2 nitrogen and oxygen atoms in total. The molecule has 15 heavy (non-hydrogen) atoms. The van der Waals surface area contributed by atoms with Crippen LogP contribution in [0.5, 0.6) is 0 Å². The summed E-state index contributed by atoms with van der Waals surface area (Å²) in [6.07, 6.45) is 6.86. The second-order valence-electron chi connectivity index (χ2n) is 5.06. The molecule has 1 saturated heterocycles. The first-order chi connectivity index (χ1) is 7.15. The van der Waals surface area contributed by atoms with E-state index in [0.29, 0.717) is 0 Å². The molecule has 0 aromatic rings. The summed E-state index contributed by atoms with van der Waals surface area (Å²) < 4.78 is 0. The van der Waals surface area contributed by atoms with Crippen molar-refractivity contribution in [2.24, 2.45) is 0 Å². The zero-order valence-corrected chi connectivity index (χ0v) is 10.6. The van der Waals surface area contributed by atoms with Crippen molar-refractivity contribution in [3.63, 3.8) is 0 Å². The second-order valence-corrected chi connectivity index (χ2v) is 5.06. The number of piperidine rings is 1. The Kier molecular flexibility index (Phi) is 5.07. The number of aliphatic hydroxyl groups excluding tert-OH is 1. The molecule has 0 spiro atoms. The van der Waals surface area contributed by atoms with E-state index in [1.807, 2.05) is 0 Å². The fourth-order valence-electron chi connectivity index (χ4n) is 2.66. The van der Waals surface area contributed by atoms with Gasteiger partial charge in [0.25, 0.3) is 0 Å². The van der Waals surface area contributed by atoms with Crippen LogP contribution in [0.25, 0.3) is 0 Å². The molecule has 1 rings (SSSR count). The van der Waals surface area contributed by atoms with Gasteiger partial charge in [-0.25, -0.2) is 0 Å². The fraction of sp³-hybridized carbons (Fsp3) is 1.00. The predicted octanol–water partition coefficient (Wildman–Crippen LogP) is 2.80. The zero-order chi connectivity index (χ0) is 11.3. The van der Waals surface area contributed by atoms with Crippen molar-refractivity contribution >= 4 is 0 Å². The Morgan fingerprint density at radius 1 is 1.20 bits per heavy atom. The van der Waals surface area contributed by atoms with Gasteiger partial charge in [0.2, 0.25) is 0 Å². The van der Waals surface area contributed by atoms with Crippen molar-refractivity contribution < 1.29 is 5.11 Å². The summed E-state index contributed by atoms with van der Waals surface area (Å²) in [5, 5.41) is 10.3. The highest BCUT2D eigenvalue weighted by atomic mass is 16.3. The van der Waals surface area contributed by atoms with E-state index >= 15 is 0 Å². The summed E-state index contributed by atoms with van der Waals surface area (Å²) in [4.78, 5) is 2.51. The van der Waals surface area contributed by atoms with E-state index in [0.717, 1.165) is 19.3 Å². The Hall–Kier alpha value is -0.0800. The first-order valence-electron chi connectivity index (χ1n) is 6.58. The summed E-state index contributed by atoms with van der Waals surface area (Å²) in [6.45, 7) is 8.93. The van der Waals surface area contributed by atoms with Gasteiger partial charge in [-0.15, -0.1) is 0 Å². The molecule has 0 aromatic heterocycles. The Bertz CT molecular complexity index is 177. The highest BCUT2D eigenvalue weighted by Gasteiger charge is 2.36. The van der Waals surface area contributed by atoms with Crippen LogP contribution in [0.2, 0.25) is 0 Å². The monoisotopic (exact) mass is 213 g/mol. The molecule has 0 saturated carbocycles. The van der Waals surface area contributed by atoms with Gasteiger partial charge in [-0.1, -0.05) is 26.7 Å². The van der Waals surface area contributed by atoms with Gasteiger partial charge >= 0.3 is 0 Å². The van der Waals surface area contributed by atoms with E-state index in [2.05, 4.69) is 25.7 Å². The third-order valence-corrected chi connectivity index (χ3v) is 4.07. The predicted molar refractivity (Wildman–Crippen MR) is 65.0 cm³/mol. The number of rotatable bonds is 5. The lowest BCUT2D eigenvalue weighted by Gasteiger charge is -2.46. The molecule has 1 aliphatic rings. The van der Waals surface area contributed by atoms with E-state index in [-0.39, 0.29) is 11.6 Å². The van der Waals surface area contributed by atoms with Crippen molar-refractivity contribution in [1.82, 2.24) is 4.90 Å². The van der Waals surface area contributed by atoms with E-state index in [1.165, 1.54) is 32.4 Å². The summed E-state index contributed by atoms with van der Waals surface area (Å²) in [7, 11) is 0. The molecule has 0 aromatic carbocycles. The Labute approximate surface area is 94.7 Å². The summed E-state index contributed by atoms with van der Waals surface area (Å²) in [6, 6.07) is 0. The number of hydrogen-bond acceptors (Lipinski definition) is 2. The largest absolute Gasteiger partial charge is 0.391 e. The maximum absolute atomic E-state index is 10.3. The SMILES string of the molecule is CCCC(O)C(C)(CC)N1CCCCC1. The summed E-state index contributed by atoms with van der Waals surface area (Å²) in [5.74, 6) is 0. The normalized spacial score (nSPS) is 24.8. The van der Waals surface area contributed by atoms with Gasteiger partial charge in [0.1, 0.15) is 0 Å². The topological polar surface area (TPSA) is 23.5 Å². The minimum absolute atomic E-state index is 0.0103. The number of likely N-dealkylation sites (tertiary alicyclic amines) is 1. The molecular weight excluding hydrogens is 186 g/mol. The van der Waals surface area contributed by atoms with Crippen LogP contribution in [0.1, 0.15) is 59.3 Å². The maximum atomic E-state index is 10.3. The standard InChI is InChI=1S/C13H27NO/c1-4-9-12(15)13(3,5-2)14-10-7-6-8-11-14/h12,15H,4-11H2,1-3H3. The van der Waals surface area contributed by atoms with Gasteiger partial charge < -0.3 is 5.11 Å². The van der Waals surface area contributed by atoms with Gasteiger partial charge in [0.05, 0.1) is 6.10 Å². The third kappa shape index (κ3) is 2.94. The number of nitrogens with zero attached hydrogens (tertiary/aromatic N) is 1. The van der Waals surface area contributed by atoms with E-state index in [9.17, 15) is 5.11 Å². The maximum Gasteiger partial charge on any atom is 0.0720 e. The Balaban J connectivity index is 2.63. The van der Waals surface area contributed by atoms with Crippen LogP contribution in [0, 0.1) is 0 Å². The van der Waals surface area contributed by atoms with E-state index < -0.39 is 0 Å². The lowest BCUT2D eigenvalue weighted by molar-refractivity contribution is -0.0372. The summed E-state index contributed by atoms with van der Waals surface area (Å²) in [5.41, 5.74) is 0.0103. The van der Waals surface area contributed by atoms with Gasteiger partial charge in [0, 0.05) is 5.54 Å². The molecule has 0 radical (unpaired) electrons. The van der Waals surface area contributed by atoms with Crippen LogP contribution in [-0.4, -0.2) is 34.7 Å². The molecule has 2 atom stereocenters. The van der Waals surface area contributed by atoms with E-state index in [1.54, 1.807) is 0 Å². The molecular formula is C13H27NO. The fourth-order valence-corrected chi connectivity index (χ4v) is 2.66. The van der Waals surface area contributed by atoms with Crippen LogP contribution in [0.15, 0.2) is 0 Å². The van der Waals surface area contributed by atoms with Crippen LogP contribution in [0.3, 0.4) is 0 Å². The lowest BCUT2D eigenvalue weighted by Crippen LogP contribution is -2.55. The first kappa shape index (κ1) is 13.0. The Morgan fingerprint density at radius 3 is 2.27 bits per heavy atom. The highest BCUT2D eigenvalue weighted by molar-refractivity contribution is 4.92. The highest BCUT2D eigenvalue weighted by Crippen LogP contribution is 2.29. The molecule has 1 fully saturated rings. The molecule has 0 amide bonds. The van der Waals surface area contributed by atoms with E-state index in [4.69, 9.17) is 0 Å². The Morgan fingerprint density at radius 2 is 1.80 bits per heavy atom. The van der Waals surface area contributed by atoms with Gasteiger partial charge in [0.15, 0.2) is 0 Å². The lowest BCUT2D eigenvalue weighted by atomic mass is 9.85. The zero-order valence-electron chi connectivity index (χ0n) is 10.6. The molecule has 90 valence electrons. The minimum atomic E-state index is -0.161. The van der Waals surface area contributed by atoms with Crippen molar-refractivity contribution in [3.05, 3.63) is 0 Å². The van der Waals surface area contributed by atoms with Crippen molar-refractivity contribution in [2.45, 2.75) is 70.9 Å². The molecule has 0 bridgehead atoms. The first-order valence-corrected chi connectivity index (χ1v) is 6.58. The molecule has 1 N–H and O–H groups in total. The van der Waals surface area contributed by atoms with Crippen molar-refractivity contribution in [3.8, 4) is 0 Å². The van der Waals surface area contributed by atoms with Crippen molar-refractivity contribution in [2.75, 3.05) is 13.1 Å². The second kappa shape index (κ2) is 5.86. The molecule has 1 aliphatic heterocycles. The van der Waals surface area contributed by atoms with Gasteiger partial charge in [-0.2, -0.15) is 0 Å². The minimum Gasteiger partial charge on any atom is -0.391 e. The molecule has 2 unspecified atom stereocenters. The number of hydrogen-bond donors (Lipinski definition) is 1. The van der Waals surface area contributed by atoms with Crippen LogP contribution in [0.4, 0.5) is 0 Å². The molecule has 0 aliphatic carbocycles. The average Bonchev–Trinajstić information content (AvgIpc) is 2.29. The van der Waals surface area contributed by atoms with Gasteiger partial charge in [-0.05, 0) is 45.7 Å². The van der Waals surface area contributed by atoms with Gasteiger partial charge in [-0.3, -0.25) is 4.90 Å². The number of aliphatic hydroxyl groups is 1. The summed E-state index contributed by atoms with van der Waals surface area (Å²) >= 11 is 0. The smallest absolute Gasteiger partial charge is 0.0720 e. The quantitative estimate of drug-likeness (QED) is 0.759. The third-order valence-electron chi connectivity index (χ3n) is 4.07. The average molecular weight is 213 g/mol. The molecule has 1 heterocycles. The van der Waals surface area contributed by atoms with Crippen LogP contribution >= 0.6 is 0 Å². The van der Waals surface area contributed by atoms with Crippen molar-refractivity contribution in [1.29, 1.82) is 0 Å².